The number of nitrogens with one attached hydrogen (secondary N) is 2. The van der Waals surface area contributed by atoms with Gasteiger partial charge in [0, 0.05) is 50.7 Å². The van der Waals surface area contributed by atoms with Crippen molar-refractivity contribution in [2.24, 2.45) is 12.0 Å². The monoisotopic (exact) mass is 359 g/mol. The Labute approximate surface area is 156 Å². The summed E-state index contributed by atoms with van der Waals surface area (Å²) in [5.41, 5.74) is 6.03. The van der Waals surface area contributed by atoms with Crippen LogP contribution in [-0.2, 0) is 33.0 Å². The van der Waals surface area contributed by atoms with Crippen molar-refractivity contribution in [2.45, 2.75) is 60.0 Å². The molecule has 0 aliphatic carbocycles. The zero-order valence-electron chi connectivity index (χ0n) is 17.1. The molecule has 0 bridgehead atoms. The fourth-order valence-electron chi connectivity index (χ4n) is 3.32. The lowest BCUT2D eigenvalue weighted by atomic mass is 10.1. The van der Waals surface area contributed by atoms with E-state index in [9.17, 15) is 0 Å². The zero-order valence-corrected chi connectivity index (χ0v) is 17.1. The predicted molar refractivity (Wildman–Crippen MR) is 106 cm³/mol. The summed E-state index contributed by atoms with van der Waals surface area (Å²) in [4.78, 5) is 4.33. The fraction of sp³-hybridized carbons (Fsp3) is 0.632. The summed E-state index contributed by atoms with van der Waals surface area (Å²) >= 11 is 0. The second-order valence-electron chi connectivity index (χ2n) is 6.56. The number of hydrogen-bond acceptors (Lipinski definition) is 3. The number of aliphatic imine (C=N–C) groups is 1. The average molecular weight is 360 g/mol. The van der Waals surface area contributed by atoms with E-state index in [2.05, 4.69) is 57.3 Å². The van der Waals surface area contributed by atoms with Crippen molar-refractivity contribution in [1.82, 2.24) is 30.2 Å². The summed E-state index contributed by atoms with van der Waals surface area (Å²) in [5, 5.41) is 15.9. The fourth-order valence-corrected chi connectivity index (χ4v) is 3.32. The highest BCUT2D eigenvalue weighted by molar-refractivity contribution is 5.79. The first-order valence-corrected chi connectivity index (χ1v) is 9.49. The van der Waals surface area contributed by atoms with Crippen molar-refractivity contribution in [2.75, 3.05) is 13.6 Å². The van der Waals surface area contributed by atoms with Crippen molar-refractivity contribution in [1.29, 1.82) is 0 Å². The molecule has 0 saturated carbocycles. The van der Waals surface area contributed by atoms with E-state index < -0.39 is 0 Å². The van der Waals surface area contributed by atoms with Crippen LogP contribution in [0.4, 0.5) is 0 Å². The minimum absolute atomic E-state index is 0.747. The van der Waals surface area contributed by atoms with Crippen molar-refractivity contribution >= 4 is 5.96 Å². The average Bonchev–Trinajstić information content (AvgIpc) is 3.11. The van der Waals surface area contributed by atoms with Crippen LogP contribution in [0.25, 0.3) is 0 Å². The van der Waals surface area contributed by atoms with Crippen LogP contribution in [0.15, 0.2) is 11.1 Å². The Balaban J connectivity index is 1.84. The highest BCUT2D eigenvalue weighted by atomic mass is 15.3. The van der Waals surface area contributed by atoms with Crippen LogP contribution < -0.4 is 10.6 Å². The maximum Gasteiger partial charge on any atom is 0.191 e. The van der Waals surface area contributed by atoms with Gasteiger partial charge in [0.2, 0.25) is 0 Å². The molecule has 2 aromatic heterocycles. The molecular formula is C19H33N7. The molecule has 0 spiro atoms. The molecule has 144 valence electrons. The SMILES string of the molecule is CCc1nn(C)c(CC)c1CNC(=NC)NCCCn1nc(C)cc1C. The number of aromatic nitrogens is 4. The summed E-state index contributed by atoms with van der Waals surface area (Å²) in [6.07, 6.45) is 2.92. The topological polar surface area (TPSA) is 72.1 Å². The molecule has 0 saturated heterocycles. The Kier molecular flexibility index (Phi) is 7.24. The first-order valence-electron chi connectivity index (χ1n) is 9.49. The Hall–Kier alpha value is -2.31. The van der Waals surface area contributed by atoms with Gasteiger partial charge in [0.05, 0.1) is 11.4 Å². The molecule has 26 heavy (non-hydrogen) atoms. The lowest BCUT2D eigenvalue weighted by molar-refractivity contribution is 0.555. The van der Waals surface area contributed by atoms with Gasteiger partial charge in [0.25, 0.3) is 0 Å². The summed E-state index contributed by atoms with van der Waals surface area (Å²) in [7, 11) is 3.83. The van der Waals surface area contributed by atoms with Crippen molar-refractivity contribution in [3.63, 3.8) is 0 Å². The third kappa shape index (κ3) is 4.86. The Bertz CT molecular complexity index is 739. The van der Waals surface area contributed by atoms with Gasteiger partial charge in [-0.25, -0.2) is 0 Å². The summed E-state index contributed by atoms with van der Waals surface area (Å²) in [6, 6.07) is 2.11. The standard InChI is InChI=1S/C19H33N7/c1-7-17-16(18(8-2)25(6)24-17)13-22-19(20-5)21-10-9-11-26-15(4)12-14(3)23-26/h12H,7-11,13H2,1-6H3,(H2,20,21,22). The van der Waals surface area contributed by atoms with Crippen molar-refractivity contribution in [3.05, 3.63) is 34.4 Å². The van der Waals surface area contributed by atoms with Gasteiger partial charge in [-0.2, -0.15) is 10.2 Å². The summed E-state index contributed by atoms with van der Waals surface area (Å²) < 4.78 is 4.06. The highest BCUT2D eigenvalue weighted by Crippen LogP contribution is 2.15. The Morgan fingerprint density at radius 2 is 1.92 bits per heavy atom. The van der Waals surface area contributed by atoms with E-state index in [-0.39, 0.29) is 0 Å². The van der Waals surface area contributed by atoms with E-state index in [1.165, 1.54) is 17.0 Å². The van der Waals surface area contributed by atoms with E-state index in [1.807, 2.05) is 18.7 Å². The van der Waals surface area contributed by atoms with Gasteiger partial charge in [-0.1, -0.05) is 13.8 Å². The third-order valence-corrected chi connectivity index (χ3v) is 4.63. The van der Waals surface area contributed by atoms with E-state index in [1.54, 1.807) is 7.05 Å². The number of rotatable bonds is 8. The Morgan fingerprint density at radius 1 is 1.15 bits per heavy atom. The van der Waals surface area contributed by atoms with Gasteiger partial charge in [-0.3, -0.25) is 14.4 Å². The maximum absolute atomic E-state index is 4.63. The van der Waals surface area contributed by atoms with Gasteiger partial charge in [-0.15, -0.1) is 0 Å². The minimum Gasteiger partial charge on any atom is -0.356 e. The van der Waals surface area contributed by atoms with E-state index in [4.69, 9.17) is 0 Å². The van der Waals surface area contributed by atoms with E-state index >= 15 is 0 Å². The number of nitrogens with zero attached hydrogens (tertiary/aromatic N) is 5. The first kappa shape index (κ1) is 20.0. The molecule has 2 aromatic rings. The molecule has 0 aromatic carbocycles. The normalized spacial score (nSPS) is 11.8. The largest absolute Gasteiger partial charge is 0.356 e. The van der Waals surface area contributed by atoms with Crippen LogP contribution in [0.5, 0.6) is 0 Å². The molecule has 2 rings (SSSR count). The molecule has 0 fully saturated rings. The molecule has 0 unspecified atom stereocenters. The molecule has 0 amide bonds. The van der Waals surface area contributed by atoms with Gasteiger partial charge >= 0.3 is 0 Å². The molecule has 0 atom stereocenters. The van der Waals surface area contributed by atoms with Crippen molar-refractivity contribution in [3.8, 4) is 0 Å². The summed E-state index contributed by atoms with van der Waals surface area (Å²) in [6.45, 7) is 11.0. The molecule has 0 aliphatic heterocycles. The maximum atomic E-state index is 4.63. The highest BCUT2D eigenvalue weighted by Gasteiger charge is 2.13. The van der Waals surface area contributed by atoms with Crippen LogP contribution >= 0.6 is 0 Å². The third-order valence-electron chi connectivity index (χ3n) is 4.63. The minimum atomic E-state index is 0.747. The molecule has 7 nitrogen and oxygen atoms in total. The van der Waals surface area contributed by atoms with Crippen LogP contribution in [0.3, 0.4) is 0 Å². The van der Waals surface area contributed by atoms with Crippen LogP contribution in [-0.4, -0.2) is 39.1 Å². The van der Waals surface area contributed by atoms with Gasteiger partial charge < -0.3 is 10.6 Å². The molecule has 0 aliphatic rings. The van der Waals surface area contributed by atoms with Crippen LogP contribution in [0.2, 0.25) is 0 Å². The Morgan fingerprint density at radius 3 is 2.50 bits per heavy atom. The van der Waals surface area contributed by atoms with Crippen LogP contribution in [0, 0.1) is 13.8 Å². The number of hydrogen-bond donors (Lipinski definition) is 2. The number of guanidine groups is 1. The second-order valence-corrected chi connectivity index (χ2v) is 6.56. The second kappa shape index (κ2) is 9.40. The van der Waals surface area contributed by atoms with Gasteiger partial charge in [0.1, 0.15) is 0 Å². The molecule has 2 heterocycles. The van der Waals surface area contributed by atoms with E-state index in [0.717, 1.165) is 56.2 Å². The van der Waals surface area contributed by atoms with Gasteiger partial charge in [-0.05, 0) is 39.2 Å². The predicted octanol–water partition coefficient (Wildman–Crippen LogP) is 2.11. The van der Waals surface area contributed by atoms with Crippen molar-refractivity contribution < 1.29 is 0 Å². The quantitative estimate of drug-likeness (QED) is 0.430. The molecule has 0 radical (unpaired) electrons. The molecular weight excluding hydrogens is 326 g/mol. The van der Waals surface area contributed by atoms with Gasteiger partial charge in [0.15, 0.2) is 5.96 Å². The lowest BCUT2D eigenvalue weighted by Crippen LogP contribution is -2.37. The number of aryl methyl sites for hydroxylation is 5. The molecule has 2 N–H and O–H groups in total. The lowest BCUT2D eigenvalue weighted by Gasteiger charge is -2.13. The smallest absolute Gasteiger partial charge is 0.191 e. The first-order chi connectivity index (χ1) is 12.5. The summed E-state index contributed by atoms with van der Waals surface area (Å²) in [5.74, 6) is 0.825. The van der Waals surface area contributed by atoms with Crippen LogP contribution in [0.1, 0.15) is 48.6 Å². The molecule has 7 heteroatoms. The van der Waals surface area contributed by atoms with E-state index in [0.29, 0.717) is 0 Å². The zero-order chi connectivity index (χ0) is 19.1.